The Morgan fingerprint density at radius 3 is 2.50 bits per heavy atom. The summed E-state index contributed by atoms with van der Waals surface area (Å²) < 4.78 is 6.06. The first-order valence-electron chi connectivity index (χ1n) is 8.83. The molecule has 1 aliphatic rings. The number of anilines is 2. The van der Waals surface area contributed by atoms with Crippen LogP contribution in [-0.4, -0.2) is 26.1 Å². The van der Waals surface area contributed by atoms with E-state index in [1.165, 1.54) is 31.0 Å². The van der Waals surface area contributed by atoms with Gasteiger partial charge in [-0.15, -0.1) is 0 Å². The van der Waals surface area contributed by atoms with Crippen LogP contribution in [0.15, 0.2) is 53.0 Å². The molecule has 0 saturated carbocycles. The molecule has 2 aromatic carbocycles. The smallest absolute Gasteiger partial charge is 0.248 e. The van der Waals surface area contributed by atoms with Gasteiger partial charge in [-0.25, -0.2) is 0 Å². The maximum atomic E-state index is 12.1. The van der Waals surface area contributed by atoms with Crippen LogP contribution in [0.25, 0.3) is 6.08 Å². The first-order valence-corrected chi connectivity index (χ1v) is 9.62. The lowest BCUT2D eigenvalue weighted by Crippen LogP contribution is -2.29. The van der Waals surface area contributed by atoms with Crippen LogP contribution >= 0.6 is 15.9 Å². The van der Waals surface area contributed by atoms with Gasteiger partial charge in [0, 0.05) is 30.5 Å². The molecule has 1 heterocycles. The van der Waals surface area contributed by atoms with E-state index < -0.39 is 0 Å². The Bertz CT molecular complexity index is 781. The first kappa shape index (κ1) is 18.5. The van der Waals surface area contributed by atoms with E-state index in [0.717, 1.165) is 34.6 Å². The second-order valence-electron chi connectivity index (χ2n) is 6.31. The number of nitrogens with zero attached hydrogens (tertiary/aromatic N) is 1. The number of amides is 1. The van der Waals surface area contributed by atoms with Gasteiger partial charge in [-0.2, -0.15) is 0 Å². The van der Waals surface area contributed by atoms with Crippen LogP contribution in [0.3, 0.4) is 0 Å². The molecule has 1 saturated heterocycles. The summed E-state index contributed by atoms with van der Waals surface area (Å²) in [6.07, 6.45) is 7.14. The molecule has 1 aliphatic heterocycles. The Morgan fingerprint density at radius 1 is 1.12 bits per heavy atom. The summed E-state index contributed by atoms with van der Waals surface area (Å²) in [6.45, 7) is 2.23. The molecule has 3 rings (SSSR count). The van der Waals surface area contributed by atoms with Gasteiger partial charge in [0.25, 0.3) is 0 Å². The Kier molecular flexibility index (Phi) is 6.34. The number of carbonyl (C=O) groups excluding carboxylic acids is 1. The Morgan fingerprint density at radius 2 is 1.85 bits per heavy atom. The second-order valence-corrected chi connectivity index (χ2v) is 7.17. The zero-order valence-electron chi connectivity index (χ0n) is 14.9. The van der Waals surface area contributed by atoms with Crippen LogP contribution in [-0.2, 0) is 4.79 Å². The van der Waals surface area contributed by atoms with E-state index in [2.05, 4.69) is 38.3 Å². The molecule has 5 heteroatoms. The summed E-state index contributed by atoms with van der Waals surface area (Å²) in [5, 5.41) is 2.90. The highest BCUT2D eigenvalue weighted by Crippen LogP contribution is 2.26. The average Bonchev–Trinajstić information content (AvgIpc) is 2.68. The highest BCUT2D eigenvalue weighted by atomic mass is 79.9. The number of ether oxygens (including phenoxy) is 1. The van der Waals surface area contributed by atoms with Crippen LogP contribution in [0, 0.1) is 0 Å². The lowest BCUT2D eigenvalue weighted by molar-refractivity contribution is -0.111. The summed E-state index contributed by atoms with van der Waals surface area (Å²) in [4.78, 5) is 14.5. The third kappa shape index (κ3) is 4.88. The van der Waals surface area contributed by atoms with Gasteiger partial charge < -0.3 is 15.0 Å². The number of halogens is 1. The fourth-order valence-electron chi connectivity index (χ4n) is 3.05. The average molecular weight is 415 g/mol. The Balaban J connectivity index is 1.58. The summed E-state index contributed by atoms with van der Waals surface area (Å²) in [7, 11) is 1.62. The highest BCUT2D eigenvalue weighted by molar-refractivity contribution is 9.10. The van der Waals surface area contributed by atoms with Crippen LogP contribution in [0.1, 0.15) is 24.8 Å². The third-order valence-corrected chi connectivity index (χ3v) is 5.08. The summed E-state index contributed by atoms with van der Waals surface area (Å²) in [5.41, 5.74) is 2.95. The quantitative estimate of drug-likeness (QED) is 0.691. The molecular weight excluding hydrogens is 392 g/mol. The Hall–Kier alpha value is -2.27. The number of benzene rings is 2. The predicted molar refractivity (Wildman–Crippen MR) is 111 cm³/mol. The molecule has 136 valence electrons. The van der Waals surface area contributed by atoms with Gasteiger partial charge in [-0.3, -0.25) is 4.79 Å². The first-order chi connectivity index (χ1) is 12.7. The predicted octanol–water partition coefficient (Wildman–Crippen LogP) is 5.10. The standard InChI is InChI=1S/C21H23BrN2O2/c1-26-20-11-5-16(15-19(20)22)6-12-21(25)23-17-7-9-18(10-8-17)24-13-3-2-4-14-24/h5-12,15H,2-4,13-14H2,1H3,(H,23,25)/b12-6+. The molecule has 0 radical (unpaired) electrons. The van der Waals surface area contributed by atoms with Gasteiger partial charge in [-0.05, 0) is 83.2 Å². The number of carbonyl (C=O) groups is 1. The number of hydrogen-bond acceptors (Lipinski definition) is 3. The highest BCUT2D eigenvalue weighted by Gasteiger charge is 2.10. The van der Waals surface area contributed by atoms with E-state index in [1.54, 1.807) is 13.2 Å². The topological polar surface area (TPSA) is 41.6 Å². The maximum absolute atomic E-state index is 12.1. The molecule has 0 aromatic heterocycles. The van der Waals surface area contributed by atoms with Crippen LogP contribution in [0.4, 0.5) is 11.4 Å². The van der Waals surface area contributed by atoms with Crippen LogP contribution in [0.2, 0.25) is 0 Å². The van der Waals surface area contributed by atoms with E-state index in [1.807, 2.05) is 30.3 Å². The van der Waals surface area contributed by atoms with Gasteiger partial charge in [-0.1, -0.05) is 6.07 Å². The lowest BCUT2D eigenvalue weighted by atomic mass is 10.1. The normalized spacial score (nSPS) is 14.5. The van der Waals surface area contributed by atoms with Gasteiger partial charge in [0.15, 0.2) is 0 Å². The monoisotopic (exact) mass is 414 g/mol. The van der Waals surface area contributed by atoms with E-state index in [0.29, 0.717) is 0 Å². The number of nitrogens with one attached hydrogen (secondary N) is 1. The number of piperidine rings is 1. The maximum Gasteiger partial charge on any atom is 0.248 e. The minimum absolute atomic E-state index is 0.150. The van der Waals surface area contributed by atoms with E-state index in [-0.39, 0.29) is 5.91 Å². The minimum Gasteiger partial charge on any atom is -0.496 e. The van der Waals surface area contributed by atoms with Crippen molar-refractivity contribution in [2.75, 3.05) is 30.4 Å². The zero-order chi connectivity index (χ0) is 18.4. The zero-order valence-corrected chi connectivity index (χ0v) is 16.5. The fraction of sp³-hybridized carbons (Fsp3) is 0.286. The number of hydrogen-bond donors (Lipinski definition) is 1. The van der Waals surface area contributed by atoms with Crippen molar-refractivity contribution in [3.8, 4) is 5.75 Å². The fourth-order valence-corrected chi connectivity index (χ4v) is 3.61. The largest absolute Gasteiger partial charge is 0.496 e. The van der Waals surface area contributed by atoms with Crippen molar-refractivity contribution in [3.05, 3.63) is 58.6 Å². The van der Waals surface area contributed by atoms with E-state index >= 15 is 0 Å². The van der Waals surface area contributed by atoms with Crippen molar-refractivity contribution in [3.63, 3.8) is 0 Å². The van der Waals surface area contributed by atoms with Crippen molar-refractivity contribution in [2.45, 2.75) is 19.3 Å². The van der Waals surface area contributed by atoms with Crippen molar-refractivity contribution in [1.82, 2.24) is 0 Å². The minimum atomic E-state index is -0.150. The van der Waals surface area contributed by atoms with Gasteiger partial charge in [0.05, 0.1) is 11.6 Å². The molecule has 0 bridgehead atoms. The van der Waals surface area contributed by atoms with E-state index in [4.69, 9.17) is 4.74 Å². The van der Waals surface area contributed by atoms with Crippen molar-refractivity contribution >= 4 is 39.3 Å². The van der Waals surface area contributed by atoms with Crippen LogP contribution in [0.5, 0.6) is 5.75 Å². The Labute approximate surface area is 163 Å². The third-order valence-electron chi connectivity index (χ3n) is 4.46. The number of methoxy groups -OCH3 is 1. The molecule has 1 N–H and O–H groups in total. The van der Waals surface area contributed by atoms with E-state index in [9.17, 15) is 4.79 Å². The molecule has 0 aliphatic carbocycles. The van der Waals surface area contributed by atoms with Gasteiger partial charge in [0.2, 0.25) is 5.91 Å². The molecule has 1 amide bonds. The molecule has 1 fully saturated rings. The molecule has 4 nitrogen and oxygen atoms in total. The molecule has 0 unspecified atom stereocenters. The summed E-state index contributed by atoms with van der Waals surface area (Å²) in [6, 6.07) is 13.7. The molecular formula is C21H23BrN2O2. The van der Waals surface area contributed by atoms with Crippen molar-refractivity contribution in [1.29, 1.82) is 0 Å². The number of rotatable bonds is 5. The summed E-state index contributed by atoms with van der Waals surface area (Å²) in [5.74, 6) is 0.614. The molecule has 26 heavy (non-hydrogen) atoms. The van der Waals surface area contributed by atoms with Crippen molar-refractivity contribution < 1.29 is 9.53 Å². The molecule has 0 atom stereocenters. The van der Waals surface area contributed by atoms with Crippen LogP contribution < -0.4 is 15.0 Å². The molecule has 2 aromatic rings. The molecule has 0 spiro atoms. The van der Waals surface area contributed by atoms with Crippen molar-refractivity contribution in [2.24, 2.45) is 0 Å². The second kappa shape index (κ2) is 8.90. The van der Waals surface area contributed by atoms with Gasteiger partial charge in [0.1, 0.15) is 5.75 Å². The lowest BCUT2D eigenvalue weighted by Gasteiger charge is -2.28. The SMILES string of the molecule is COc1ccc(/C=C/C(=O)Nc2ccc(N3CCCCC3)cc2)cc1Br. The summed E-state index contributed by atoms with van der Waals surface area (Å²) >= 11 is 3.44. The van der Waals surface area contributed by atoms with Gasteiger partial charge >= 0.3 is 0 Å².